The second kappa shape index (κ2) is 7.34. The minimum absolute atomic E-state index is 0.363. The Morgan fingerprint density at radius 3 is 2.67 bits per heavy atom. The fraction of sp³-hybridized carbons (Fsp3) is 0.250. The Labute approximate surface area is 136 Å². The summed E-state index contributed by atoms with van der Waals surface area (Å²) in [5.74, 6) is -0.761. The molecule has 0 aliphatic rings. The van der Waals surface area contributed by atoms with E-state index in [4.69, 9.17) is 11.6 Å². The third kappa shape index (κ3) is 3.82. The number of nitrogens with one attached hydrogen (secondary N) is 1. The average molecular weight is 375 g/mol. The molecule has 1 unspecified atom stereocenters. The highest BCUT2D eigenvalue weighted by atomic mass is 79.9. The molecule has 0 aliphatic heterocycles. The van der Waals surface area contributed by atoms with E-state index in [-0.39, 0.29) is 5.82 Å². The summed E-state index contributed by atoms with van der Waals surface area (Å²) in [4.78, 5) is 0. The Kier molecular flexibility index (Phi) is 5.73. The molecular formula is C16H15BrClF2N. The van der Waals surface area contributed by atoms with Crippen LogP contribution in [0.2, 0.25) is 5.02 Å². The van der Waals surface area contributed by atoms with Gasteiger partial charge in [0.15, 0.2) is 0 Å². The molecule has 0 radical (unpaired) electrons. The molecule has 2 aromatic carbocycles. The first-order chi connectivity index (χ1) is 10.0. The molecule has 0 heterocycles. The van der Waals surface area contributed by atoms with E-state index < -0.39 is 11.9 Å². The van der Waals surface area contributed by atoms with E-state index >= 15 is 0 Å². The molecule has 0 amide bonds. The first-order valence-corrected chi connectivity index (χ1v) is 7.84. The van der Waals surface area contributed by atoms with Crippen LogP contribution in [0.1, 0.15) is 30.5 Å². The zero-order chi connectivity index (χ0) is 15.4. The zero-order valence-electron chi connectivity index (χ0n) is 11.5. The van der Waals surface area contributed by atoms with Gasteiger partial charge in [0, 0.05) is 15.1 Å². The van der Waals surface area contributed by atoms with Gasteiger partial charge in [0.2, 0.25) is 0 Å². The maximum atomic E-state index is 14.2. The van der Waals surface area contributed by atoms with Gasteiger partial charge in [0.25, 0.3) is 0 Å². The first kappa shape index (κ1) is 16.4. The molecule has 1 N–H and O–H groups in total. The predicted octanol–water partition coefficient (Wildman–Crippen LogP) is 5.47. The molecular weight excluding hydrogens is 360 g/mol. The SMILES string of the molecule is CCCNC(c1cc(F)ccc1Cl)c1c(F)cccc1Br. The fourth-order valence-electron chi connectivity index (χ4n) is 2.18. The molecule has 0 fully saturated rings. The number of halogens is 4. The molecule has 21 heavy (non-hydrogen) atoms. The van der Waals surface area contributed by atoms with Gasteiger partial charge in [-0.3, -0.25) is 0 Å². The van der Waals surface area contributed by atoms with Gasteiger partial charge in [-0.2, -0.15) is 0 Å². The van der Waals surface area contributed by atoms with Crippen LogP contribution in [0.25, 0.3) is 0 Å². The lowest BCUT2D eigenvalue weighted by molar-refractivity contribution is 0.541. The van der Waals surface area contributed by atoms with Crippen LogP contribution in [0.4, 0.5) is 8.78 Å². The number of hydrogen-bond acceptors (Lipinski definition) is 1. The van der Waals surface area contributed by atoms with E-state index in [1.165, 1.54) is 24.3 Å². The molecule has 0 bridgehead atoms. The molecule has 0 saturated heterocycles. The quantitative estimate of drug-likeness (QED) is 0.732. The van der Waals surface area contributed by atoms with Crippen LogP contribution in [-0.4, -0.2) is 6.54 Å². The Morgan fingerprint density at radius 2 is 2.00 bits per heavy atom. The molecule has 5 heteroatoms. The summed E-state index contributed by atoms with van der Waals surface area (Å²) < 4.78 is 28.4. The molecule has 112 valence electrons. The lowest BCUT2D eigenvalue weighted by atomic mass is 9.97. The van der Waals surface area contributed by atoms with E-state index in [2.05, 4.69) is 21.2 Å². The standard InChI is InChI=1S/C16H15BrClF2N/c1-2-8-21-16(11-9-10(19)6-7-13(11)18)15-12(17)4-3-5-14(15)20/h3-7,9,16,21H,2,8H2,1H3. The van der Waals surface area contributed by atoms with Crippen molar-refractivity contribution in [2.75, 3.05) is 6.54 Å². The van der Waals surface area contributed by atoms with Gasteiger partial charge in [0.1, 0.15) is 11.6 Å². The summed E-state index contributed by atoms with van der Waals surface area (Å²) in [6.07, 6.45) is 0.871. The lowest BCUT2D eigenvalue weighted by Gasteiger charge is -2.22. The Hall–Kier alpha value is -0.970. The summed E-state index contributed by atoms with van der Waals surface area (Å²) >= 11 is 9.54. The largest absolute Gasteiger partial charge is 0.306 e. The first-order valence-electron chi connectivity index (χ1n) is 6.66. The van der Waals surface area contributed by atoms with E-state index in [9.17, 15) is 8.78 Å². The van der Waals surface area contributed by atoms with Crippen molar-refractivity contribution in [3.05, 3.63) is 68.7 Å². The molecule has 0 aliphatic carbocycles. The predicted molar refractivity (Wildman–Crippen MR) is 85.6 cm³/mol. The van der Waals surface area contributed by atoms with E-state index in [0.29, 0.717) is 27.2 Å². The average Bonchev–Trinajstić information content (AvgIpc) is 2.45. The Bertz CT molecular complexity index is 613. The summed E-state index contributed by atoms with van der Waals surface area (Å²) in [6.45, 7) is 2.67. The number of benzene rings is 2. The highest BCUT2D eigenvalue weighted by molar-refractivity contribution is 9.10. The van der Waals surface area contributed by atoms with E-state index in [1.807, 2.05) is 6.92 Å². The van der Waals surface area contributed by atoms with Gasteiger partial charge in [-0.15, -0.1) is 0 Å². The Balaban J connectivity index is 2.55. The van der Waals surface area contributed by atoms with Crippen molar-refractivity contribution in [3.8, 4) is 0 Å². The second-order valence-electron chi connectivity index (χ2n) is 4.69. The summed E-state index contributed by atoms with van der Waals surface area (Å²) in [6, 6.07) is 8.37. The van der Waals surface area contributed by atoms with Crippen molar-refractivity contribution in [3.63, 3.8) is 0 Å². The van der Waals surface area contributed by atoms with Crippen molar-refractivity contribution in [1.82, 2.24) is 5.32 Å². The maximum Gasteiger partial charge on any atom is 0.129 e. The van der Waals surface area contributed by atoms with Crippen molar-refractivity contribution < 1.29 is 8.78 Å². The number of hydrogen-bond donors (Lipinski definition) is 1. The van der Waals surface area contributed by atoms with Crippen LogP contribution in [0.15, 0.2) is 40.9 Å². The second-order valence-corrected chi connectivity index (χ2v) is 5.95. The molecule has 2 rings (SSSR count). The van der Waals surface area contributed by atoms with E-state index in [0.717, 1.165) is 6.42 Å². The van der Waals surface area contributed by atoms with Crippen molar-refractivity contribution in [2.24, 2.45) is 0 Å². The summed E-state index contributed by atoms with van der Waals surface area (Å²) in [5.41, 5.74) is 0.953. The smallest absolute Gasteiger partial charge is 0.129 e. The maximum absolute atomic E-state index is 14.2. The Morgan fingerprint density at radius 1 is 1.24 bits per heavy atom. The van der Waals surface area contributed by atoms with Crippen LogP contribution in [0, 0.1) is 11.6 Å². The van der Waals surface area contributed by atoms with Crippen LogP contribution in [0.3, 0.4) is 0 Å². The van der Waals surface area contributed by atoms with Crippen LogP contribution >= 0.6 is 27.5 Å². The van der Waals surface area contributed by atoms with Gasteiger partial charge < -0.3 is 5.32 Å². The molecule has 1 atom stereocenters. The molecule has 1 nitrogen and oxygen atoms in total. The third-order valence-corrected chi connectivity index (χ3v) is 4.19. The van der Waals surface area contributed by atoms with Crippen molar-refractivity contribution >= 4 is 27.5 Å². The van der Waals surface area contributed by atoms with Gasteiger partial charge in [0.05, 0.1) is 6.04 Å². The van der Waals surface area contributed by atoms with Gasteiger partial charge >= 0.3 is 0 Å². The normalized spacial score (nSPS) is 12.4. The van der Waals surface area contributed by atoms with Crippen LogP contribution in [-0.2, 0) is 0 Å². The lowest BCUT2D eigenvalue weighted by Crippen LogP contribution is -2.25. The molecule has 2 aromatic rings. The van der Waals surface area contributed by atoms with Crippen LogP contribution < -0.4 is 5.32 Å². The minimum atomic E-state index is -0.510. The van der Waals surface area contributed by atoms with Gasteiger partial charge in [-0.05, 0) is 48.9 Å². The third-order valence-electron chi connectivity index (χ3n) is 3.16. The monoisotopic (exact) mass is 373 g/mol. The fourth-order valence-corrected chi connectivity index (χ4v) is 2.98. The van der Waals surface area contributed by atoms with Crippen molar-refractivity contribution in [2.45, 2.75) is 19.4 Å². The zero-order valence-corrected chi connectivity index (χ0v) is 13.8. The van der Waals surface area contributed by atoms with Crippen molar-refractivity contribution in [1.29, 1.82) is 0 Å². The highest BCUT2D eigenvalue weighted by Gasteiger charge is 2.22. The van der Waals surface area contributed by atoms with Gasteiger partial charge in [-0.1, -0.05) is 40.5 Å². The number of rotatable bonds is 5. The topological polar surface area (TPSA) is 12.0 Å². The summed E-state index contributed by atoms with van der Waals surface area (Å²) in [5, 5.41) is 3.63. The minimum Gasteiger partial charge on any atom is -0.306 e. The summed E-state index contributed by atoms with van der Waals surface area (Å²) in [7, 11) is 0. The van der Waals surface area contributed by atoms with Crippen LogP contribution in [0.5, 0.6) is 0 Å². The molecule has 0 aromatic heterocycles. The highest BCUT2D eigenvalue weighted by Crippen LogP contribution is 2.34. The van der Waals surface area contributed by atoms with E-state index in [1.54, 1.807) is 12.1 Å². The molecule has 0 saturated carbocycles. The van der Waals surface area contributed by atoms with Gasteiger partial charge in [-0.25, -0.2) is 8.78 Å². The molecule has 0 spiro atoms.